The van der Waals surface area contributed by atoms with Gasteiger partial charge >= 0.3 is 5.97 Å². The molecule has 0 radical (unpaired) electrons. The highest BCUT2D eigenvalue weighted by Crippen LogP contribution is 2.24. The number of fused-ring (bicyclic) bond motifs is 1. The lowest BCUT2D eigenvalue weighted by Crippen LogP contribution is -2.03. The number of hydrogen-bond acceptors (Lipinski definition) is 3. The molecule has 4 nitrogen and oxygen atoms in total. The van der Waals surface area contributed by atoms with Crippen LogP contribution in [0.25, 0.3) is 10.8 Å². The van der Waals surface area contributed by atoms with Crippen LogP contribution in [0.1, 0.15) is 15.9 Å². The number of aromatic nitrogens is 1. The molecule has 3 aromatic rings. The Morgan fingerprint density at radius 1 is 1.00 bits per heavy atom. The summed E-state index contributed by atoms with van der Waals surface area (Å²) < 4.78 is 0. The minimum Gasteiger partial charge on any atom is -0.478 e. The van der Waals surface area contributed by atoms with Gasteiger partial charge in [-0.1, -0.05) is 42.5 Å². The lowest BCUT2D eigenvalue weighted by molar-refractivity contribution is 0.0699. The third-order valence-corrected chi connectivity index (χ3v) is 3.34. The van der Waals surface area contributed by atoms with Crippen molar-refractivity contribution in [2.75, 3.05) is 5.32 Å². The Morgan fingerprint density at radius 2 is 1.81 bits per heavy atom. The normalized spacial score (nSPS) is 10.5. The van der Waals surface area contributed by atoms with E-state index in [1.165, 1.54) is 0 Å². The van der Waals surface area contributed by atoms with Gasteiger partial charge in [0.1, 0.15) is 5.82 Å². The smallest absolute Gasteiger partial charge is 0.336 e. The summed E-state index contributed by atoms with van der Waals surface area (Å²) in [6.07, 6.45) is 1.63. The van der Waals surface area contributed by atoms with E-state index in [1.54, 1.807) is 24.4 Å². The molecule has 2 N–H and O–H groups in total. The number of nitrogens with zero attached hydrogens (tertiary/aromatic N) is 1. The number of pyridine rings is 1. The second-order valence-corrected chi connectivity index (χ2v) is 4.70. The molecule has 0 spiro atoms. The molecule has 0 aliphatic carbocycles. The van der Waals surface area contributed by atoms with Crippen molar-refractivity contribution in [1.82, 2.24) is 4.98 Å². The van der Waals surface area contributed by atoms with E-state index in [1.807, 2.05) is 36.4 Å². The average molecular weight is 278 g/mol. The van der Waals surface area contributed by atoms with Gasteiger partial charge in [0.05, 0.1) is 5.56 Å². The summed E-state index contributed by atoms with van der Waals surface area (Å²) in [5, 5.41) is 14.0. The topological polar surface area (TPSA) is 62.2 Å². The average Bonchev–Trinajstić information content (AvgIpc) is 2.53. The van der Waals surface area contributed by atoms with Crippen molar-refractivity contribution < 1.29 is 9.90 Å². The minimum absolute atomic E-state index is 0.290. The van der Waals surface area contributed by atoms with E-state index in [4.69, 9.17) is 0 Å². The van der Waals surface area contributed by atoms with Crippen LogP contribution < -0.4 is 5.32 Å². The highest BCUT2D eigenvalue weighted by molar-refractivity contribution is 6.06. The van der Waals surface area contributed by atoms with Gasteiger partial charge in [-0.25, -0.2) is 9.78 Å². The van der Waals surface area contributed by atoms with Crippen molar-refractivity contribution in [1.29, 1.82) is 0 Å². The van der Waals surface area contributed by atoms with Crippen LogP contribution >= 0.6 is 0 Å². The van der Waals surface area contributed by atoms with Gasteiger partial charge in [0.25, 0.3) is 0 Å². The summed E-state index contributed by atoms with van der Waals surface area (Å²) in [5.74, 6) is -0.236. The number of carboxylic acids is 1. The number of rotatable bonds is 4. The van der Waals surface area contributed by atoms with Crippen LogP contribution in [-0.4, -0.2) is 16.1 Å². The molecule has 0 amide bonds. The van der Waals surface area contributed by atoms with Crippen LogP contribution in [0.4, 0.5) is 5.82 Å². The summed E-state index contributed by atoms with van der Waals surface area (Å²) in [5.41, 5.74) is 1.43. The van der Waals surface area contributed by atoms with Gasteiger partial charge < -0.3 is 10.4 Å². The van der Waals surface area contributed by atoms with Gasteiger partial charge in [0.15, 0.2) is 0 Å². The van der Waals surface area contributed by atoms with E-state index in [0.29, 0.717) is 17.7 Å². The SMILES string of the molecule is O=C(O)c1cccc2c(NCc3ccccc3)nccc12. The van der Waals surface area contributed by atoms with E-state index < -0.39 is 5.97 Å². The Labute approximate surface area is 122 Å². The van der Waals surface area contributed by atoms with Gasteiger partial charge in [-0.05, 0) is 17.7 Å². The van der Waals surface area contributed by atoms with Crippen LogP contribution in [0.5, 0.6) is 0 Å². The van der Waals surface area contributed by atoms with Gasteiger partial charge in [-0.15, -0.1) is 0 Å². The molecule has 1 heterocycles. The molecular weight excluding hydrogens is 264 g/mol. The Morgan fingerprint density at radius 3 is 2.57 bits per heavy atom. The molecule has 0 unspecified atom stereocenters. The molecule has 1 aromatic heterocycles. The maximum Gasteiger partial charge on any atom is 0.336 e. The molecular formula is C17H14N2O2. The number of carboxylic acid groups (broad SMARTS) is 1. The Balaban J connectivity index is 1.96. The number of carbonyl (C=O) groups is 1. The zero-order valence-corrected chi connectivity index (χ0v) is 11.3. The zero-order chi connectivity index (χ0) is 14.7. The zero-order valence-electron chi connectivity index (χ0n) is 11.3. The third kappa shape index (κ3) is 2.69. The van der Waals surface area contributed by atoms with Gasteiger partial charge in [-0.2, -0.15) is 0 Å². The van der Waals surface area contributed by atoms with Crippen molar-refractivity contribution in [3.63, 3.8) is 0 Å². The van der Waals surface area contributed by atoms with E-state index in [-0.39, 0.29) is 5.56 Å². The first-order chi connectivity index (χ1) is 10.3. The van der Waals surface area contributed by atoms with Crippen LogP contribution in [0.2, 0.25) is 0 Å². The summed E-state index contributed by atoms with van der Waals surface area (Å²) in [6, 6.07) is 16.9. The van der Waals surface area contributed by atoms with Crippen molar-refractivity contribution in [2.45, 2.75) is 6.54 Å². The molecule has 3 rings (SSSR count). The van der Waals surface area contributed by atoms with Gasteiger partial charge in [-0.3, -0.25) is 0 Å². The molecule has 0 saturated heterocycles. The number of benzene rings is 2. The number of anilines is 1. The highest BCUT2D eigenvalue weighted by Gasteiger charge is 2.10. The molecule has 104 valence electrons. The van der Waals surface area contributed by atoms with Crippen LogP contribution in [0.3, 0.4) is 0 Å². The van der Waals surface area contributed by atoms with Crippen LogP contribution in [0.15, 0.2) is 60.8 Å². The lowest BCUT2D eigenvalue weighted by atomic mass is 10.1. The summed E-state index contributed by atoms with van der Waals surface area (Å²) in [4.78, 5) is 15.6. The standard InChI is InChI=1S/C17H14N2O2/c20-17(21)15-8-4-7-14-13(15)9-10-18-16(14)19-11-12-5-2-1-3-6-12/h1-10H,11H2,(H,18,19)(H,20,21). The molecule has 0 aliphatic rings. The number of aromatic carboxylic acids is 1. The first-order valence-electron chi connectivity index (χ1n) is 6.64. The van der Waals surface area contributed by atoms with Crippen molar-refractivity contribution in [2.24, 2.45) is 0 Å². The quantitative estimate of drug-likeness (QED) is 0.766. The second kappa shape index (κ2) is 5.63. The van der Waals surface area contributed by atoms with Gasteiger partial charge in [0.2, 0.25) is 0 Å². The van der Waals surface area contributed by atoms with E-state index in [9.17, 15) is 9.90 Å². The predicted octanol–water partition coefficient (Wildman–Crippen LogP) is 3.55. The van der Waals surface area contributed by atoms with Crippen LogP contribution in [0, 0.1) is 0 Å². The molecule has 0 saturated carbocycles. The van der Waals surface area contributed by atoms with E-state index >= 15 is 0 Å². The molecule has 4 heteroatoms. The van der Waals surface area contributed by atoms with Gasteiger partial charge in [0, 0.05) is 23.5 Å². The number of nitrogens with one attached hydrogen (secondary N) is 1. The van der Waals surface area contributed by atoms with Crippen molar-refractivity contribution in [3.05, 3.63) is 71.9 Å². The fraction of sp³-hybridized carbons (Fsp3) is 0.0588. The highest BCUT2D eigenvalue weighted by atomic mass is 16.4. The predicted molar refractivity (Wildman–Crippen MR) is 82.5 cm³/mol. The number of hydrogen-bond donors (Lipinski definition) is 2. The minimum atomic E-state index is -0.930. The van der Waals surface area contributed by atoms with E-state index in [0.717, 1.165) is 10.9 Å². The summed E-state index contributed by atoms with van der Waals surface area (Å²) >= 11 is 0. The first-order valence-corrected chi connectivity index (χ1v) is 6.64. The Hall–Kier alpha value is -2.88. The largest absolute Gasteiger partial charge is 0.478 e. The maximum absolute atomic E-state index is 11.3. The first kappa shape index (κ1) is 13.1. The molecule has 0 atom stereocenters. The molecule has 2 aromatic carbocycles. The maximum atomic E-state index is 11.3. The monoisotopic (exact) mass is 278 g/mol. The molecule has 0 aliphatic heterocycles. The third-order valence-electron chi connectivity index (χ3n) is 3.34. The summed E-state index contributed by atoms with van der Waals surface area (Å²) in [7, 11) is 0. The van der Waals surface area contributed by atoms with Crippen molar-refractivity contribution >= 4 is 22.6 Å². The fourth-order valence-electron chi connectivity index (χ4n) is 2.32. The Bertz CT molecular complexity index is 785. The molecule has 0 fully saturated rings. The Kier molecular flexibility index (Phi) is 3.51. The van der Waals surface area contributed by atoms with E-state index in [2.05, 4.69) is 10.3 Å². The molecule has 0 bridgehead atoms. The molecule has 21 heavy (non-hydrogen) atoms. The fourth-order valence-corrected chi connectivity index (χ4v) is 2.32. The lowest BCUT2D eigenvalue weighted by Gasteiger charge is -2.10. The van der Waals surface area contributed by atoms with Crippen LogP contribution in [-0.2, 0) is 6.54 Å². The summed E-state index contributed by atoms with van der Waals surface area (Å²) in [6.45, 7) is 0.643. The van der Waals surface area contributed by atoms with Crippen molar-refractivity contribution in [3.8, 4) is 0 Å². The second-order valence-electron chi connectivity index (χ2n) is 4.70.